The fraction of sp³-hybridized carbons (Fsp3) is 0.333. The number of anilines is 4. The fourth-order valence-electron chi connectivity index (χ4n) is 2.97. The summed E-state index contributed by atoms with van der Waals surface area (Å²) in [5.74, 6) is 0.419. The van der Waals surface area contributed by atoms with Gasteiger partial charge in [0.1, 0.15) is 11.6 Å². The van der Waals surface area contributed by atoms with Gasteiger partial charge in [-0.1, -0.05) is 0 Å². The van der Waals surface area contributed by atoms with E-state index in [2.05, 4.69) is 25.3 Å². The predicted octanol–water partition coefficient (Wildman–Crippen LogP) is 3.48. The molecule has 1 saturated heterocycles. The Bertz CT molecular complexity index is 1050. The predicted molar refractivity (Wildman–Crippen MR) is 108 cm³/mol. The Morgan fingerprint density at radius 1 is 1.17 bits per heavy atom. The van der Waals surface area contributed by atoms with Crippen molar-refractivity contribution >= 4 is 34.1 Å². The van der Waals surface area contributed by atoms with Gasteiger partial charge < -0.3 is 20.7 Å². The van der Waals surface area contributed by atoms with Gasteiger partial charge in [0, 0.05) is 36.3 Å². The summed E-state index contributed by atoms with van der Waals surface area (Å²) in [5, 5.41) is 5.50. The first-order chi connectivity index (χ1) is 14.3. The lowest BCUT2D eigenvalue weighted by Crippen LogP contribution is -2.37. The molecule has 12 heteroatoms. The van der Waals surface area contributed by atoms with E-state index >= 15 is 0 Å². The van der Waals surface area contributed by atoms with Crippen molar-refractivity contribution in [1.29, 1.82) is 0 Å². The molecule has 3 aromatic heterocycles. The zero-order chi connectivity index (χ0) is 21.3. The summed E-state index contributed by atoms with van der Waals surface area (Å²) in [7, 11) is 0. The number of ether oxygens (including phenoxy) is 1. The van der Waals surface area contributed by atoms with Crippen LogP contribution in [0.4, 0.5) is 35.9 Å². The first-order valence-electron chi connectivity index (χ1n) is 9.03. The average molecular weight is 437 g/mol. The van der Waals surface area contributed by atoms with E-state index in [4.69, 9.17) is 10.5 Å². The van der Waals surface area contributed by atoms with Crippen LogP contribution in [0.25, 0.3) is 11.3 Å². The number of nitrogens with one attached hydrogen (secondary N) is 1. The molecule has 4 heterocycles. The number of hydrogen-bond donors (Lipinski definition) is 2. The Morgan fingerprint density at radius 3 is 2.60 bits per heavy atom. The second-order valence-electron chi connectivity index (χ2n) is 6.61. The quantitative estimate of drug-likeness (QED) is 0.640. The van der Waals surface area contributed by atoms with Crippen molar-refractivity contribution in [2.45, 2.75) is 13.1 Å². The third kappa shape index (κ3) is 4.44. The number of halogens is 3. The number of aryl methyl sites for hydroxylation is 1. The van der Waals surface area contributed by atoms with Crippen molar-refractivity contribution in [2.24, 2.45) is 0 Å². The van der Waals surface area contributed by atoms with Gasteiger partial charge in [-0.05, 0) is 13.0 Å². The number of alkyl halides is 3. The van der Waals surface area contributed by atoms with Gasteiger partial charge in [-0.15, -0.1) is 11.3 Å². The summed E-state index contributed by atoms with van der Waals surface area (Å²) in [6.45, 7) is 3.89. The van der Waals surface area contributed by atoms with Crippen molar-refractivity contribution in [1.82, 2.24) is 19.9 Å². The molecule has 0 amide bonds. The normalized spacial score (nSPS) is 14.7. The zero-order valence-corrected chi connectivity index (χ0v) is 16.7. The fourth-order valence-corrected chi connectivity index (χ4v) is 3.67. The second kappa shape index (κ2) is 8.03. The van der Waals surface area contributed by atoms with Crippen molar-refractivity contribution in [3.05, 3.63) is 35.0 Å². The van der Waals surface area contributed by atoms with Crippen LogP contribution in [0.1, 0.15) is 11.3 Å². The lowest BCUT2D eigenvalue weighted by molar-refractivity contribution is -0.137. The first-order valence-corrected chi connectivity index (χ1v) is 9.91. The lowest BCUT2D eigenvalue weighted by Gasteiger charge is -2.27. The molecule has 3 N–H and O–H groups in total. The molecule has 0 aromatic carbocycles. The topological polar surface area (TPSA) is 102 Å². The van der Waals surface area contributed by atoms with Crippen LogP contribution in [-0.4, -0.2) is 46.2 Å². The molecule has 1 fully saturated rings. The number of hydrogen-bond acceptors (Lipinski definition) is 9. The van der Waals surface area contributed by atoms with Crippen LogP contribution in [0, 0.1) is 6.92 Å². The van der Waals surface area contributed by atoms with E-state index in [0.717, 1.165) is 18.0 Å². The monoisotopic (exact) mass is 437 g/mol. The number of rotatable bonds is 4. The van der Waals surface area contributed by atoms with Gasteiger partial charge >= 0.3 is 6.18 Å². The van der Waals surface area contributed by atoms with Crippen LogP contribution in [0.5, 0.6) is 0 Å². The van der Waals surface area contributed by atoms with Crippen LogP contribution >= 0.6 is 11.3 Å². The minimum Gasteiger partial charge on any atom is -0.384 e. The SMILES string of the molecule is Cc1csc(Nc2cc(-c3cnc(N)cc3C(F)(F)F)nc(N3CCOCC3)n2)n1. The minimum absolute atomic E-state index is 0.0853. The van der Waals surface area contributed by atoms with Gasteiger partial charge in [-0.2, -0.15) is 18.2 Å². The van der Waals surface area contributed by atoms with Crippen molar-refractivity contribution < 1.29 is 17.9 Å². The largest absolute Gasteiger partial charge is 0.417 e. The summed E-state index contributed by atoms with van der Waals surface area (Å²) < 4.78 is 46.3. The maximum Gasteiger partial charge on any atom is 0.417 e. The molecule has 30 heavy (non-hydrogen) atoms. The summed E-state index contributed by atoms with van der Waals surface area (Å²) in [5.41, 5.74) is 5.33. The highest BCUT2D eigenvalue weighted by Gasteiger charge is 2.35. The van der Waals surface area contributed by atoms with E-state index in [-0.39, 0.29) is 17.1 Å². The van der Waals surface area contributed by atoms with E-state index in [1.807, 2.05) is 17.2 Å². The number of aromatic nitrogens is 4. The number of morpholine rings is 1. The lowest BCUT2D eigenvalue weighted by atomic mass is 10.1. The molecule has 4 rings (SSSR count). The summed E-state index contributed by atoms with van der Waals surface area (Å²) in [6, 6.07) is 2.26. The molecule has 1 aliphatic rings. The number of thiazole rings is 1. The third-order valence-electron chi connectivity index (χ3n) is 4.37. The van der Waals surface area contributed by atoms with Crippen molar-refractivity contribution in [3.63, 3.8) is 0 Å². The zero-order valence-electron chi connectivity index (χ0n) is 15.9. The van der Waals surface area contributed by atoms with Crippen LogP contribution in [0.15, 0.2) is 23.7 Å². The van der Waals surface area contributed by atoms with Crippen LogP contribution in [-0.2, 0) is 10.9 Å². The van der Waals surface area contributed by atoms with Crippen molar-refractivity contribution in [2.75, 3.05) is 42.3 Å². The third-order valence-corrected chi connectivity index (χ3v) is 5.24. The maximum atomic E-state index is 13.6. The second-order valence-corrected chi connectivity index (χ2v) is 7.47. The maximum absolute atomic E-state index is 13.6. The van der Waals surface area contributed by atoms with Gasteiger partial charge in [0.05, 0.1) is 30.2 Å². The van der Waals surface area contributed by atoms with Gasteiger partial charge in [-0.3, -0.25) is 0 Å². The Kier molecular flexibility index (Phi) is 5.43. The molecule has 3 aromatic rings. The molecule has 0 radical (unpaired) electrons. The highest BCUT2D eigenvalue weighted by atomic mass is 32.1. The molecule has 0 aliphatic carbocycles. The van der Waals surface area contributed by atoms with Gasteiger partial charge in [0.25, 0.3) is 0 Å². The number of nitrogens with zero attached hydrogens (tertiary/aromatic N) is 5. The van der Waals surface area contributed by atoms with Crippen LogP contribution in [0.3, 0.4) is 0 Å². The molecule has 0 spiro atoms. The minimum atomic E-state index is -4.61. The van der Waals surface area contributed by atoms with E-state index < -0.39 is 11.7 Å². The smallest absolute Gasteiger partial charge is 0.384 e. The molecule has 0 bridgehead atoms. The van der Waals surface area contributed by atoms with E-state index in [0.29, 0.717) is 43.2 Å². The number of nitrogens with two attached hydrogens (primary N) is 1. The summed E-state index contributed by atoms with van der Waals surface area (Å²) in [4.78, 5) is 18.9. The molecular formula is C18H18F3N7OS. The highest BCUT2D eigenvalue weighted by molar-refractivity contribution is 7.13. The molecule has 0 atom stereocenters. The van der Waals surface area contributed by atoms with Gasteiger partial charge in [0.15, 0.2) is 5.13 Å². The molecule has 158 valence electrons. The summed E-state index contributed by atoms with van der Waals surface area (Å²) >= 11 is 1.37. The van der Waals surface area contributed by atoms with Crippen LogP contribution < -0.4 is 16.0 Å². The Labute approximate surface area is 174 Å². The van der Waals surface area contributed by atoms with Gasteiger partial charge in [0.2, 0.25) is 5.95 Å². The molecular weight excluding hydrogens is 419 g/mol. The molecule has 0 unspecified atom stereocenters. The first kappa shape index (κ1) is 20.3. The Hall–Kier alpha value is -2.99. The van der Waals surface area contributed by atoms with E-state index in [1.165, 1.54) is 17.4 Å². The standard InChI is InChI=1S/C18H18F3N7OS/c1-10-9-30-17(24-10)27-15-7-13(25-16(26-15)28-2-4-29-5-3-28)11-8-23-14(22)6-12(11)18(19,20)21/h6-9H,2-5H2,1H3,(H2,22,23)(H,24,25,26,27). The van der Waals surface area contributed by atoms with Gasteiger partial charge in [-0.25, -0.2) is 15.0 Å². The average Bonchev–Trinajstić information content (AvgIpc) is 3.12. The number of pyridine rings is 1. The van der Waals surface area contributed by atoms with Crippen LogP contribution in [0.2, 0.25) is 0 Å². The Balaban J connectivity index is 1.81. The van der Waals surface area contributed by atoms with E-state index in [1.54, 1.807) is 0 Å². The summed E-state index contributed by atoms with van der Waals surface area (Å²) in [6.07, 6.45) is -3.53. The molecule has 1 aliphatic heterocycles. The highest BCUT2D eigenvalue weighted by Crippen LogP contribution is 2.38. The molecule has 8 nitrogen and oxygen atoms in total. The number of nitrogen functional groups attached to an aromatic ring is 1. The molecule has 0 saturated carbocycles. The van der Waals surface area contributed by atoms with Crippen molar-refractivity contribution in [3.8, 4) is 11.3 Å². The van der Waals surface area contributed by atoms with E-state index in [9.17, 15) is 13.2 Å². The Morgan fingerprint density at radius 2 is 1.93 bits per heavy atom.